The Bertz CT molecular complexity index is 3670. The molecule has 0 spiro atoms. The fourth-order valence-corrected chi connectivity index (χ4v) is 16.8. The number of carboxylic acids is 1. The average molecular weight is 1920 g/mol. The molecule has 756 valence electrons. The monoisotopic (exact) mass is 1920 g/mol. The lowest BCUT2D eigenvalue weighted by atomic mass is 9.88. The molecule has 10 heterocycles. The Morgan fingerprint density at radius 3 is 1.16 bits per heavy atom. The van der Waals surface area contributed by atoms with Crippen LogP contribution in [-0.2, 0) is 119 Å². The number of carboxylic acid groups (broad SMARTS) is 1. The van der Waals surface area contributed by atoms with Crippen molar-refractivity contribution < 1.29 is 262 Å². The van der Waals surface area contributed by atoms with Gasteiger partial charge in [-0.15, -0.1) is 0 Å². The van der Waals surface area contributed by atoms with Crippen molar-refractivity contribution in [3.8, 4) is 0 Å². The van der Waals surface area contributed by atoms with Crippen LogP contribution in [0, 0.1) is 0 Å². The maximum atomic E-state index is 13.3. The standard InChI is InChI=1S/C73H121N5O53/c1-17-38(92)49(103)53(107)67(116-17)113-15-32-58(46(100)34(63(110)117-32)75-19(3)86)125-65-36(77-21(5)88)47(101)57(29(13-84)121-65)127-69-55(109)60(44(98)30(123-69)14-114-70-61(51(105)41(95)26(10-81)119-70)129-64-35(76-20(4)87)45(99)40(94)25(9-80)118-64)128-71-62(52(106)42(96)27(11-82)120-71)130-66-37(78-22(6)89)48(102)56(28(12-83)122-66)126-68-54(108)50(104)43(97)31(124-68)16-115-73(72(111)112)7-23(90)33(74-18(2)85)59(131-73)39(93)24(91)8-79/h17,23-71,79-84,90-110H,7-16H2,1-6H3,(H,74,85)(H,75,86)(H,76,87)(H,77,88)(H,78,89)(H,111,112)/t17-,23-,24+,25+,26+,27+,28+,29+,30+,31+,32+,33+,34+,35+,36+,37-,38+,39+,40+,41+,42+,43-,44+,45+,46+,47+,48+,49+,50-,51-,52-,53-,54+,55-,56+,57+,58+,59+,60-,61-,62-,63?,64-,65-,66-,67+,68-,69-,70-,71+,73+/m0/s1. The summed E-state index contributed by atoms with van der Waals surface area (Å²) in [7, 11) is 0. The van der Waals surface area contributed by atoms with Gasteiger partial charge in [0.25, 0.3) is 5.79 Å². The Morgan fingerprint density at radius 1 is 0.328 bits per heavy atom. The van der Waals surface area contributed by atoms with Crippen molar-refractivity contribution in [1.82, 2.24) is 26.6 Å². The number of ether oxygens (including phenoxy) is 19. The summed E-state index contributed by atoms with van der Waals surface area (Å²) in [6.07, 6.45) is -97.5. The first kappa shape index (κ1) is 108. The van der Waals surface area contributed by atoms with Crippen molar-refractivity contribution in [2.75, 3.05) is 59.5 Å². The molecule has 0 aromatic heterocycles. The van der Waals surface area contributed by atoms with E-state index in [1.807, 2.05) is 0 Å². The molecule has 58 nitrogen and oxygen atoms in total. The van der Waals surface area contributed by atoms with Gasteiger partial charge in [-0.05, 0) is 6.92 Å². The molecule has 1 unspecified atom stereocenters. The van der Waals surface area contributed by atoms with Gasteiger partial charge in [-0.2, -0.15) is 0 Å². The summed E-state index contributed by atoms with van der Waals surface area (Å²) in [6, 6.07) is -9.40. The third-order valence-electron chi connectivity index (χ3n) is 23.8. The van der Waals surface area contributed by atoms with Crippen molar-refractivity contribution in [3.63, 3.8) is 0 Å². The Morgan fingerprint density at radius 2 is 0.679 bits per heavy atom. The van der Waals surface area contributed by atoms with Crippen molar-refractivity contribution in [3.05, 3.63) is 0 Å². The maximum absolute atomic E-state index is 13.3. The van der Waals surface area contributed by atoms with Gasteiger partial charge in [0, 0.05) is 41.0 Å². The molecular formula is C73H121N5O53. The van der Waals surface area contributed by atoms with Gasteiger partial charge in [-0.3, -0.25) is 24.0 Å². The molecule has 10 aliphatic heterocycles. The largest absolute Gasteiger partial charge is 0.477 e. The van der Waals surface area contributed by atoms with E-state index in [2.05, 4.69) is 26.6 Å². The topological polar surface area (TPSA) is 904 Å². The van der Waals surface area contributed by atoms with Gasteiger partial charge in [-0.25, -0.2) is 4.79 Å². The molecule has 51 atom stereocenters. The summed E-state index contributed by atoms with van der Waals surface area (Å²) in [5, 5.41) is 326. The zero-order valence-electron chi connectivity index (χ0n) is 70.7. The molecule has 58 heteroatoms. The van der Waals surface area contributed by atoms with Crippen LogP contribution in [0.25, 0.3) is 0 Å². The van der Waals surface area contributed by atoms with E-state index in [0.29, 0.717) is 0 Å². The van der Waals surface area contributed by atoms with Crippen LogP contribution in [0.15, 0.2) is 0 Å². The number of aliphatic hydroxyl groups is 27. The highest BCUT2D eigenvalue weighted by Gasteiger charge is 2.63. The number of carbonyl (C=O) groups is 6. The molecular weight excluding hydrogens is 1790 g/mol. The van der Waals surface area contributed by atoms with Crippen LogP contribution in [-0.4, -0.2) is 550 Å². The minimum atomic E-state index is -3.11. The first-order valence-corrected chi connectivity index (χ1v) is 41.6. The van der Waals surface area contributed by atoms with Gasteiger partial charge < -0.3 is 260 Å². The number of aliphatic hydroxyl groups excluding tert-OH is 27. The Balaban J connectivity index is 0.960. The third kappa shape index (κ3) is 24.3. The van der Waals surface area contributed by atoms with E-state index in [0.717, 1.165) is 34.6 Å². The highest BCUT2D eigenvalue weighted by atomic mass is 16.8. The zero-order valence-corrected chi connectivity index (χ0v) is 70.7. The van der Waals surface area contributed by atoms with Crippen LogP contribution in [0.1, 0.15) is 48.0 Å². The summed E-state index contributed by atoms with van der Waals surface area (Å²) < 4.78 is 113. The van der Waals surface area contributed by atoms with Gasteiger partial charge in [0.05, 0.1) is 77.7 Å². The Hall–Kier alpha value is -5.02. The molecule has 0 aliphatic carbocycles. The number of hydrogen-bond donors (Lipinski definition) is 33. The third-order valence-corrected chi connectivity index (χ3v) is 23.8. The highest BCUT2D eigenvalue weighted by molar-refractivity contribution is 5.77. The Labute approximate surface area is 741 Å². The van der Waals surface area contributed by atoms with E-state index >= 15 is 0 Å². The lowest BCUT2D eigenvalue weighted by Gasteiger charge is -2.51. The van der Waals surface area contributed by atoms with Crippen LogP contribution < -0.4 is 26.6 Å². The van der Waals surface area contributed by atoms with Crippen LogP contribution in [0.3, 0.4) is 0 Å². The molecule has 131 heavy (non-hydrogen) atoms. The van der Waals surface area contributed by atoms with Gasteiger partial charge in [0.2, 0.25) is 29.5 Å². The van der Waals surface area contributed by atoms with E-state index in [9.17, 15) is 172 Å². The fourth-order valence-electron chi connectivity index (χ4n) is 16.8. The summed E-state index contributed by atoms with van der Waals surface area (Å²) in [5.74, 6) is -9.81. The summed E-state index contributed by atoms with van der Waals surface area (Å²) in [5.41, 5.74) is 0. The summed E-state index contributed by atoms with van der Waals surface area (Å²) in [6.45, 7) is -4.47. The molecule has 0 aromatic carbocycles. The van der Waals surface area contributed by atoms with Crippen molar-refractivity contribution in [2.45, 2.75) is 360 Å². The number of rotatable bonds is 35. The molecule has 0 bridgehead atoms. The molecule has 0 saturated carbocycles. The van der Waals surface area contributed by atoms with E-state index in [-0.39, 0.29) is 0 Å². The van der Waals surface area contributed by atoms with Crippen molar-refractivity contribution in [2.24, 2.45) is 0 Å². The number of hydrogen-bond acceptors (Lipinski definition) is 52. The second-order valence-electron chi connectivity index (χ2n) is 33.2. The number of amides is 5. The number of nitrogens with one attached hydrogen (secondary N) is 5. The molecule has 0 radical (unpaired) electrons. The van der Waals surface area contributed by atoms with Crippen LogP contribution >= 0.6 is 0 Å². The second kappa shape index (κ2) is 46.6. The molecule has 10 fully saturated rings. The molecule has 5 amide bonds. The Kier molecular flexibility index (Phi) is 38.4. The lowest BCUT2D eigenvalue weighted by Crippen LogP contribution is -2.71. The quantitative estimate of drug-likeness (QED) is 0.0280. The van der Waals surface area contributed by atoms with Crippen LogP contribution in [0.5, 0.6) is 0 Å². The predicted molar refractivity (Wildman–Crippen MR) is 403 cm³/mol. The number of aliphatic carboxylic acids is 1. The molecule has 0 aromatic rings. The molecule has 33 N–H and O–H groups in total. The van der Waals surface area contributed by atoms with E-state index in [4.69, 9.17) is 90.0 Å². The summed E-state index contributed by atoms with van der Waals surface area (Å²) >= 11 is 0. The van der Waals surface area contributed by atoms with Crippen LogP contribution in [0.4, 0.5) is 0 Å². The fraction of sp³-hybridized carbons (Fsp3) is 0.918. The summed E-state index contributed by atoms with van der Waals surface area (Å²) in [4.78, 5) is 76.7. The maximum Gasteiger partial charge on any atom is 0.364 e. The first-order chi connectivity index (χ1) is 61.7. The van der Waals surface area contributed by atoms with Gasteiger partial charge in [-0.1, -0.05) is 0 Å². The lowest BCUT2D eigenvalue weighted by molar-refractivity contribution is -0.399. The predicted octanol–water partition coefficient (Wildman–Crippen LogP) is -21.9. The minimum absolute atomic E-state index is 0.851. The average Bonchev–Trinajstić information content (AvgIpc) is 0.757. The SMILES string of the molecule is CC(=O)N[C@@H]1[C@H](O[C@@H]2[C@@H](O[C@@H]3[C@H](O)[C@H](O[C@H]4[C@H](O)[C@@H](NC(C)=O)[C@H](O[C@H]5[C@H](O)[C@@H](NC(C)=O)C(O)O[C@@H]5CO[C@@H]5O[C@@H](C)[C@@H](O)[C@@H](O)[C@@H]5O)O[C@@H]4CO)O[C@H](CO[C@H]4O[C@H](CO)[C@@H](O)[C@H](O)[C@@H]4O[C@@H]4O[C@H](CO)[C@@H](O)[C@H](O)[C@H]4NC(C)=O)[C@H]3O)O[C@H](CO)[C@@H](O)[C@@H]2O)O[C@H](CO)[C@@H](O[C@@H]2O[C@H](CO[C@]3(C(=O)O)C[C@H](O)[C@@H](NC(C)=O)[C@H]([C@H](O)[C@H](O)CO)O3)[C@H](O)[C@H](O)[C@H]2O)[C@@H]1O. The van der Waals surface area contributed by atoms with Crippen molar-refractivity contribution >= 4 is 35.5 Å². The zero-order chi connectivity index (χ0) is 96.9. The smallest absolute Gasteiger partial charge is 0.364 e. The normalized spacial score (nSPS) is 47.5. The van der Waals surface area contributed by atoms with Gasteiger partial charge >= 0.3 is 5.97 Å². The molecule has 10 saturated heterocycles. The molecule has 10 rings (SSSR count). The van der Waals surface area contributed by atoms with Crippen molar-refractivity contribution in [1.29, 1.82) is 0 Å². The first-order valence-electron chi connectivity index (χ1n) is 41.6. The number of carbonyl (C=O) groups excluding carboxylic acids is 5. The van der Waals surface area contributed by atoms with E-state index < -0.39 is 414 Å². The van der Waals surface area contributed by atoms with Gasteiger partial charge in [0.1, 0.15) is 232 Å². The molecule has 10 aliphatic rings. The minimum Gasteiger partial charge on any atom is -0.477 e. The van der Waals surface area contributed by atoms with Gasteiger partial charge in [0.15, 0.2) is 56.6 Å². The van der Waals surface area contributed by atoms with E-state index in [1.165, 1.54) is 6.92 Å². The van der Waals surface area contributed by atoms with E-state index in [1.54, 1.807) is 0 Å². The second-order valence-corrected chi connectivity index (χ2v) is 33.2. The highest BCUT2D eigenvalue weighted by Crippen LogP contribution is 2.42. The van der Waals surface area contributed by atoms with Crippen LogP contribution in [0.2, 0.25) is 0 Å².